The monoisotopic (exact) mass is 225 g/mol. The van der Waals surface area contributed by atoms with Gasteiger partial charge in [-0.3, -0.25) is 0 Å². The molecule has 3 heteroatoms. The minimum Gasteiger partial charge on any atom is -0.496 e. The first-order valence-corrected chi connectivity index (χ1v) is 5.51. The second kappa shape index (κ2) is 3.69. The summed E-state index contributed by atoms with van der Waals surface area (Å²) in [6.07, 6.45) is 0. The first-order chi connectivity index (χ1) is 7.04. The molecule has 1 aliphatic heterocycles. The quantitative estimate of drug-likeness (QED) is 0.836. The van der Waals surface area contributed by atoms with E-state index in [1.165, 1.54) is 5.56 Å². The highest BCUT2D eigenvalue weighted by atomic mass is 35.5. The molecule has 1 saturated heterocycles. The van der Waals surface area contributed by atoms with Gasteiger partial charge in [-0.25, -0.2) is 0 Å². The van der Waals surface area contributed by atoms with Crippen LogP contribution in [-0.4, -0.2) is 19.2 Å². The SMILES string of the molecule is COc1ccc(Cl)cc1C1CNC1(C)C. The molecule has 0 amide bonds. The van der Waals surface area contributed by atoms with E-state index >= 15 is 0 Å². The fourth-order valence-corrected chi connectivity index (χ4v) is 2.27. The van der Waals surface area contributed by atoms with Gasteiger partial charge in [-0.15, -0.1) is 0 Å². The van der Waals surface area contributed by atoms with Crippen LogP contribution < -0.4 is 10.1 Å². The van der Waals surface area contributed by atoms with Gasteiger partial charge in [-0.05, 0) is 32.0 Å². The molecule has 1 N–H and O–H groups in total. The lowest BCUT2D eigenvalue weighted by molar-refractivity contribution is 0.204. The lowest BCUT2D eigenvalue weighted by Crippen LogP contribution is -2.59. The molecule has 1 aromatic carbocycles. The summed E-state index contributed by atoms with van der Waals surface area (Å²) in [5, 5.41) is 4.18. The van der Waals surface area contributed by atoms with Gasteiger partial charge in [0.25, 0.3) is 0 Å². The number of halogens is 1. The Hall–Kier alpha value is -0.730. The first-order valence-electron chi connectivity index (χ1n) is 5.13. The molecule has 15 heavy (non-hydrogen) atoms. The minimum absolute atomic E-state index is 0.137. The first kappa shape index (κ1) is 10.8. The Morgan fingerprint density at radius 3 is 2.67 bits per heavy atom. The zero-order chi connectivity index (χ0) is 11.1. The van der Waals surface area contributed by atoms with Crippen molar-refractivity contribution in [2.75, 3.05) is 13.7 Å². The summed E-state index contributed by atoms with van der Waals surface area (Å²) in [5.41, 5.74) is 1.34. The Kier molecular flexibility index (Phi) is 2.65. The molecule has 1 unspecified atom stereocenters. The van der Waals surface area contributed by atoms with E-state index in [1.54, 1.807) is 7.11 Å². The van der Waals surface area contributed by atoms with Gasteiger partial charge in [-0.1, -0.05) is 11.6 Å². The Morgan fingerprint density at radius 2 is 2.20 bits per heavy atom. The lowest BCUT2D eigenvalue weighted by Gasteiger charge is -2.46. The highest BCUT2D eigenvalue weighted by Gasteiger charge is 2.40. The fraction of sp³-hybridized carbons (Fsp3) is 0.500. The lowest BCUT2D eigenvalue weighted by atomic mass is 9.75. The highest BCUT2D eigenvalue weighted by molar-refractivity contribution is 6.30. The second-order valence-electron chi connectivity index (χ2n) is 4.54. The van der Waals surface area contributed by atoms with Crippen LogP contribution in [0.1, 0.15) is 25.3 Å². The minimum atomic E-state index is 0.137. The third-order valence-corrected chi connectivity index (χ3v) is 3.44. The zero-order valence-corrected chi connectivity index (χ0v) is 10.1. The Balaban J connectivity index is 2.38. The van der Waals surface area contributed by atoms with Crippen molar-refractivity contribution in [3.05, 3.63) is 28.8 Å². The molecule has 1 fully saturated rings. The normalized spacial score (nSPS) is 23.3. The third kappa shape index (κ3) is 1.84. The average molecular weight is 226 g/mol. The molecule has 2 nitrogen and oxygen atoms in total. The second-order valence-corrected chi connectivity index (χ2v) is 4.98. The van der Waals surface area contributed by atoms with Crippen LogP contribution in [0.2, 0.25) is 5.02 Å². The zero-order valence-electron chi connectivity index (χ0n) is 9.30. The van der Waals surface area contributed by atoms with E-state index in [0.29, 0.717) is 5.92 Å². The molecule has 0 bridgehead atoms. The van der Waals surface area contributed by atoms with E-state index in [1.807, 2.05) is 18.2 Å². The summed E-state index contributed by atoms with van der Waals surface area (Å²) in [6, 6.07) is 5.81. The maximum absolute atomic E-state index is 6.02. The summed E-state index contributed by atoms with van der Waals surface area (Å²) < 4.78 is 5.36. The van der Waals surface area contributed by atoms with Crippen molar-refractivity contribution in [1.82, 2.24) is 5.32 Å². The van der Waals surface area contributed by atoms with Gasteiger partial charge in [-0.2, -0.15) is 0 Å². The standard InChI is InChI=1S/C12H16ClNO/c1-12(2)10(7-14-12)9-6-8(13)4-5-11(9)15-3/h4-6,10,14H,7H2,1-3H3. The smallest absolute Gasteiger partial charge is 0.122 e. The van der Waals surface area contributed by atoms with Gasteiger partial charge >= 0.3 is 0 Å². The maximum atomic E-state index is 6.02. The van der Waals surface area contributed by atoms with Crippen molar-refractivity contribution >= 4 is 11.6 Å². The van der Waals surface area contributed by atoms with Crippen LogP contribution in [0.3, 0.4) is 0 Å². The molecule has 1 heterocycles. The van der Waals surface area contributed by atoms with Crippen LogP contribution >= 0.6 is 11.6 Å². The van der Waals surface area contributed by atoms with Crippen LogP contribution in [0.25, 0.3) is 0 Å². The maximum Gasteiger partial charge on any atom is 0.122 e. The van der Waals surface area contributed by atoms with Crippen molar-refractivity contribution < 1.29 is 4.74 Å². The van der Waals surface area contributed by atoms with E-state index in [-0.39, 0.29) is 5.54 Å². The number of benzene rings is 1. The summed E-state index contributed by atoms with van der Waals surface area (Å²) in [4.78, 5) is 0. The molecule has 1 aliphatic rings. The molecular weight excluding hydrogens is 210 g/mol. The van der Waals surface area contributed by atoms with Crippen LogP contribution in [0, 0.1) is 0 Å². The van der Waals surface area contributed by atoms with Crippen molar-refractivity contribution in [1.29, 1.82) is 0 Å². The van der Waals surface area contributed by atoms with Gasteiger partial charge in [0, 0.05) is 28.6 Å². The molecule has 0 spiro atoms. The number of rotatable bonds is 2. The van der Waals surface area contributed by atoms with Crippen LogP contribution in [0.4, 0.5) is 0 Å². The van der Waals surface area contributed by atoms with Crippen LogP contribution in [0.5, 0.6) is 5.75 Å². The molecule has 0 aliphatic carbocycles. The summed E-state index contributed by atoms with van der Waals surface area (Å²) in [6.45, 7) is 5.38. The van der Waals surface area contributed by atoms with E-state index in [4.69, 9.17) is 16.3 Å². The number of ether oxygens (including phenoxy) is 1. The summed E-state index contributed by atoms with van der Waals surface area (Å²) >= 11 is 6.02. The molecule has 82 valence electrons. The van der Waals surface area contributed by atoms with Gasteiger partial charge < -0.3 is 10.1 Å². The molecule has 0 radical (unpaired) electrons. The number of hydrogen-bond acceptors (Lipinski definition) is 2. The topological polar surface area (TPSA) is 21.3 Å². The fourth-order valence-electron chi connectivity index (χ4n) is 2.09. The molecule has 1 atom stereocenters. The third-order valence-electron chi connectivity index (χ3n) is 3.20. The number of hydrogen-bond donors (Lipinski definition) is 1. The molecule has 0 saturated carbocycles. The van der Waals surface area contributed by atoms with Crippen LogP contribution in [-0.2, 0) is 0 Å². The Bertz CT molecular complexity index is 376. The Labute approximate surface area is 95.6 Å². The predicted molar refractivity (Wildman–Crippen MR) is 62.8 cm³/mol. The molecule has 2 rings (SSSR count). The van der Waals surface area contributed by atoms with Crippen molar-refractivity contribution in [3.63, 3.8) is 0 Å². The van der Waals surface area contributed by atoms with Gasteiger partial charge in [0.2, 0.25) is 0 Å². The average Bonchev–Trinajstić information content (AvgIpc) is 2.17. The Morgan fingerprint density at radius 1 is 1.47 bits per heavy atom. The largest absolute Gasteiger partial charge is 0.496 e. The highest BCUT2D eigenvalue weighted by Crippen LogP contribution is 2.40. The van der Waals surface area contributed by atoms with E-state index in [0.717, 1.165) is 17.3 Å². The van der Waals surface area contributed by atoms with Crippen LogP contribution in [0.15, 0.2) is 18.2 Å². The van der Waals surface area contributed by atoms with Crippen molar-refractivity contribution in [3.8, 4) is 5.75 Å². The van der Waals surface area contributed by atoms with Gasteiger partial charge in [0.1, 0.15) is 5.75 Å². The number of methoxy groups -OCH3 is 1. The van der Waals surface area contributed by atoms with Crippen molar-refractivity contribution in [2.45, 2.75) is 25.3 Å². The van der Waals surface area contributed by atoms with E-state index in [9.17, 15) is 0 Å². The summed E-state index contributed by atoms with van der Waals surface area (Å²) in [5.74, 6) is 1.41. The predicted octanol–water partition coefficient (Wildman–Crippen LogP) is 2.81. The molecule has 0 aromatic heterocycles. The molecule has 1 aromatic rings. The number of nitrogens with one attached hydrogen (secondary N) is 1. The van der Waals surface area contributed by atoms with E-state index in [2.05, 4.69) is 19.2 Å². The van der Waals surface area contributed by atoms with Crippen molar-refractivity contribution in [2.24, 2.45) is 0 Å². The van der Waals surface area contributed by atoms with E-state index < -0.39 is 0 Å². The molecular formula is C12H16ClNO. The van der Waals surface area contributed by atoms with Gasteiger partial charge in [0.05, 0.1) is 7.11 Å². The summed E-state index contributed by atoms with van der Waals surface area (Å²) in [7, 11) is 1.70. The van der Waals surface area contributed by atoms with Gasteiger partial charge in [0.15, 0.2) is 0 Å².